The van der Waals surface area contributed by atoms with Crippen LogP contribution >= 0.6 is 31.9 Å². The smallest absolute Gasteiger partial charge is 0.154 e. The molecule has 0 aliphatic rings. The summed E-state index contributed by atoms with van der Waals surface area (Å²) in [6.07, 6.45) is 0. The molecule has 0 aromatic heterocycles. The van der Waals surface area contributed by atoms with E-state index in [1.54, 1.807) is 6.92 Å². The predicted molar refractivity (Wildman–Crippen MR) is 46.5 cm³/mol. The Balaban J connectivity index is 3.46. The van der Waals surface area contributed by atoms with Crippen LogP contribution in [0.15, 0.2) is 15.0 Å². The van der Waals surface area contributed by atoms with Gasteiger partial charge in [0.25, 0.3) is 0 Å². The van der Waals surface area contributed by atoms with E-state index >= 15 is 0 Å². The van der Waals surface area contributed by atoms with Crippen molar-refractivity contribution in [3.05, 3.63) is 32.2 Å². The van der Waals surface area contributed by atoms with Gasteiger partial charge in [0.15, 0.2) is 5.82 Å². The molecule has 0 N–H and O–H groups in total. The van der Waals surface area contributed by atoms with Crippen molar-refractivity contribution in [1.29, 1.82) is 0 Å². The molecule has 60 valence electrons. The van der Waals surface area contributed by atoms with E-state index in [-0.39, 0.29) is 4.47 Å². The fourth-order valence-electron chi connectivity index (χ4n) is 0.691. The third kappa shape index (κ3) is 1.62. The van der Waals surface area contributed by atoms with Gasteiger partial charge < -0.3 is 0 Å². The minimum absolute atomic E-state index is 0.130. The van der Waals surface area contributed by atoms with E-state index in [1.165, 1.54) is 6.07 Å². The fourth-order valence-corrected chi connectivity index (χ4v) is 1.58. The average Bonchev–Trinajstić information content (AvgIpc) is 1.97. The lowest BCUT2D eigenvalue weighted by molar-refractivity contribution is 0.565. The van der Waals surface area contributed by atoms with Gasteiger partial charge >= 0.3 is 0 Å². The van der Waals surface area contributed by atoms with Crippen molar-refractivity contribution in [3.63, 3.8) is 0 Å². The van der Waals surface area contributed by atoms with Crippen molar-refractivity contribution in [2.45, 2.75) is 6.92 Å². The summed E-state index contributed by atoms with van der Waals surface area (Å²) in [6.45, 7) is 1.63. The van der Waals surface area contributed by atoms with E-state index in [4.69, 9.17) is 0 Å². The molecular weight excluding hydrogens is 282 g/mol. The van der Waals surface area contributed by atoms with E-state index in [0.29, 0.717) is 10.0 Å². The monoisotopic (exact) mass is 284 g/mol. The van der Waals surface area contributed by atoms with Gasteiger partial charge in [0.05, 0.1) is 8.95 Å². The summed E-state index contributed by atoms with van der Waals surface area (Å²) >= 11 is 5.78. The quantitative estimate of drug-likeness (QED) is 0.502. The summed E-state index contributed by atoms with van der Waals surface area (Å²) < 4.78 is 25.8. The van der Waals surface area contributed by atoms with E-state index in [1.807, 2.05) is 0 Å². The summed E-state index contributed by atoms with van der Waals surface area (Å²) in [5.74, 6) is -1.18. The van der Waals surface area contributed by atoms with Crippen molar-refractivity contribution in [1.82, 2.24) is 0 Å². The lowest BCUT2D eigenvalue weighted by Crippen LogP contribution is -1.89. The molecule has 0 amide bonds. The minimum atomic E-state index is -0.595. The standard InChI is InChI=1S/C7H4Br2F2/c1-3-2-4(10)6(9)7(11)5(3)8/h2H,1H3. The zero-order valence-electron chi connectivity index (χ0n) is 5.59. The van der Waals surface area contributed by atoms with Crippen LogP contribution in [0.3, 0.4) is 0 Å². The van der Waals surface area contributed by atoms with Gasteiger partial charge in [-0.25, -0.2) is 8.78 Å². The summed E-state index contributed by atoms with van der Waals surface area (Å²) in [5, 5.41) is 0. The number of aryl methyl sites for hydroxylation is 1. The molecular formula is C7H4Br2F2. The zero-order chi connectivity index (χ0) is 8.59. The topological polar surface area (TPSA) is 0 Å². The average molecular weight is 286 g/mol. The largest absolute Gasteiger partial charge is 0.206 e. The second-order valence-corrected chi connectivity index (χ2v) is 3.70. The summed E-state index contributed by atoms with van der Waals surface area (Å²) in [7, 11) is 0. The maximum atomic E-state index is 12.9. The van der Waals surface area contributed by atoms with Crippen molar-refractivity contribution in [2.24, 2.45) is 0 Å². The molecule has 0 heterocycles. The Hall–Kier alpha value is 0.0400. The molecule has 0 fully saturated rings. The van der Waals surface area contributed by atoms with Gasteiger partial charge in [0, 0.05) is 0 Å². The number of hydrogen-bond donors (Lipinski definition) is 0. The molecule has 0 aliphatic carbocycles. The Kier molecular flexibility index (Phi) is 2.65. The normalized spacial score (nSPS) is 10.3. The number of rotatable bonds is 0. The molecule has 11 heavy (non-hydrogen) atoms. The molecule has 0 nitrogen and oxygen atoms in total. The molecule has 0 saturated heterocycles. The summed E-state index contributed by atoms with van der Waals surface area (Å²) in [5.41, 5.74) is 0.545. The molecule has 0 aliphatic heterocycles. The highest BCUT2D eigenvalue weighted by Gasteiger charge is 2.11. The van der Waals surface area contributed by atoms with Gasteiger partial charge in [-0.1, -0.05) is 0 Å². The van der Waals surface area contributed by atoms with Gasteiger partial charge in [0.2, 0.25) is 0 Å². The molecule has 0 spiro atoms. The molecule has 1 rings (SSSR count). The van der Waals surface area contributed by atoms with Crippen LogP contribution in [0.2, 0.25) is 0 Å². The van der Waals surface area contributed by atoms with Crippen LogP contribution in [0.1, 0.15) is 5.56 Å². The Morgan fingerprint density at radius 3 is 2.27 bits per heavy atom. The highest BCUT2D eigenvalue weighted by Crippen LogP contribution is 2.28. The Morgan fingerprint density at radius 2 is 1.73 bits per heavy atom. The van der Waals surface area contributed by atoms with Crippen molar-refractivity contribution in [3.8, 4) is 0 Å². The highest BCUT2D eigenvalue weighted by molar-refractivity contribution is 9.11. The van der Waals surface area contributed by atoms with Gasteiger partial charge in [-0.3, -0.25) is 0 Å². The van der Waals surface area contributed by atoms with Crippen LogP contribution in [0, 0.1) is 18.6 Å². The van der Waals surface area contributed by atoms with Crippen molar-refractivity contribution in [2.75, 3.05) is 0 Å². The van der Waals surface area contributed by atoms with Crippen LogP contribution in [-0.4, -0.2) is 0 Å². The van der Waals surface area contributed by atoms with Gasteiger partial charge in [-0.2, -0.15) is 0 Å². The Bertz CT molecular complexity index is 271. The number of benzene rings is 1. The molecule has 0 bridgehead atoms. The van der Waals surface area contributed by atoms with Gasteiger partial charge in [-0.05, 0) is 50.4 Å². The third-order valence-electron chi connectivity index (χ3n) is 1.28. The molecule has 0 unspecified atom stereocenters. The van der Waals surface area contributed by atoms with Crippen LogP contribution < -0.4 is 0 Å². The third-order valence-corrected chi connectivity index (χ3v) is 2.98. The van der Waals surface area contributed by atoms with E-state index in [2.05, 4.69) is 31.9 Å². The highest BCUT2D eigenvalue weighted by atomic mass is 79.9. The summed E-state index contributed by atoms with van der Waals surface area (Å²) in [6, 6.07) is 1.26. The van der Waals surface area contributed by atoms with Crippen molar-refractivity contribution >= 4 is 31.9 Å². The fraction of sp³-hybridized carbons (Fsp3) is 0.143. The maximum absolute atomic E-state index is 12.9. The molecule has 1 aromatic rings. The minimum Gasteiger partial charge on any atom is -0.206 e. The first-order valence-electron chi connectivity index (χ1n) is 2.83. The number of hydrogen-bond acceptors (Lipinski definition) is 0. The van der Waals surface area contributed by atoms with Crippen LogP contribution in [-0.2, 0) is 0 Å². The SMILES string of the molecule is Cc1cc(F)c(Br)c(F)c1Br. The lowest BCUT2D eigenvalue weighted by atomic mass is 10.2. The Morgan fingerprint density at radius 1 is 1.18 bits per heavy atom. The first-order valence-corrected chi connectivity index (χ1v) is 4.42. The Labute approximate surface area is 79.9 Å². The van der Waals surface area contributed by atoms with Gasteiger partial charge in [-0.15, -0.1) is 0 Å². The maximum Gasteiger partial charge on any atom is 0.154 e. The van der Waals surface area contributed by atoms with Crippen LogP contribution in [0.4, 0.5) is 8.78 Å². The van der Waals surface area contributed by atoms with E-state index in [0.717, 1.165) is 0 Å². The molecule has 4 heteroatoms. The van der Waals surface area contributed by atoms with Crippen LogP contribution in [0.5, 0.6) is 0 Å². The predicted octanol–water partition coefficient (Wildman–Crippen LogP) is 3.80. The lowest BCUT2D eigenvalue weighted by Gasteiger charge is -2.02. The van der Waals surface area contributed by atoms with E-state index in [9.17, 15) is 8.78 Å². The molecule has 0 saturated carbocycles. The second kappa shape index (κ2) is 3.19. The second-order valence-electron chi connectivity index (χ2n) is 2.12. The molecule has 0 radical (unpaired) electrons. The first-order chi connectivity index (χ1) is 5.04. The molecule has 0 atom stereocenters. The summed E-state index contributed by atoms with van der Waals surface area (Å²) in [4.78, 5) is 0. The molecule has 1 aromatic carbocycles. The van der Waals surface area contributed by atoms with E-state index < -0.39 is 11.6 Å². The zero-order valence-corrected chi connectivity index (χ0v) is 8.76. The first kappa shape index (κ1) is 9.13. The van der Waals surface area contributed by atoms with Gasteiger partial charge in [0.1, 0.15) is 5.82 Å². The van der Waals surface area contributed by atoms with Crippen molar-refractivity contribution < 1.29 is 8.78 Å². The van der Waals surface area contributed by atoms with Crippen LogP contribution in [0.25, 0.3) is 0 Å². The number of halogens is 4.